The van der Waals surface area contributed by atoms with Crippen molar-refractivity contribution in [2.75, 3.05) is 39.6 Å². The Morgan fingerprint density at radius 2 is 0.857 bits per heavy atom. The van der Waals surface area contributed by atoms with E-state index in [1.54, 1.807) is 6.08 Å². The number of ether oxygens (including phenoxy) is 12. The molecule has 0 aliphatic carbocycles. The summed E-state index contributed by atoms with van der Waals surface area (Å²) >= 11 is 0. The van der Waals surface area contributed by atoms with Crippen LogP contribution in [0.15, 0.2) is 12.2 Å². The molecule has 2 amide bonds. The first-order valence-electron chi connectivity index (χ1n) is 31.3. The topological polar surface area (TPSA) is 533 Å². The highest BCUT2D eigenvalue weighted by Gasteiger charge is 2.59. The second kappa shape index (κ2) is 37.8. The molecule has 34 nitrogen and oxygen atoms in total. The van der Waals surface area contributed by atoms with Crippen molar-refractivity contribution in [3.8, 4) is 0 Å². The van der Waals surface area contributed by atoms with Crippen molar-refractivity contribution in [2.24, 2.45) is 0 Å². The van der Waals surface area contributed by atoms with Crippen molar-refractivity contribution >= 4 is 12.3 Å². The van der Waals surface area contributed by atoms with Crippen LogP contribution in [0.3, 0.4) is 0 Å². The van der Waals surface area contributed by atoms with Crippen LogP contribution in [0, 0.1) is 0 Å². The van der Waals surface area contributed by atoms with Crippen LogP contribution in [-0.4, -0.2) is 340 Å². The lowest BCUT2D eigenvalue weighted by molar-refractivity contribution is -0.404. The van der Waals surface area contributed by atoms with Gasteiger partial charge in [0.15, 0.2) is 37.7 Å². The summed E-state index contributed by atoms with van der Waals surface area (Å²) in [5.41, 5.74) is 0. The van der Waals surface area contributed by atoms with Crippen molar-refractivity contribution in [3.63, 3.8) is 0 Å². The van der Waals surface area contributed by atoms with E-state index in [2.05, 4.69) is 17.6 Å². The maximum absolute atomic E-state index is 13.1. The van der Waals surface area contributed by atoms with Gasteiger partial charge in [0.05, 0.1) is 57.9 Å². The highest BCUT2D eigenvalue weighted by Crippen LogP contribution is 2.38. The number of unbranched alkanes of at least 4 members (excludes halogenated alkanes) is 11. The molecule has 0 radical (unpaired) electrons. The molecular formula is C57H100N2O32. The molecular weight excluding hydrogens is 1220 g/mol. The van der Waals surface area contributed by atoms with Crippen LogP contribution < -0.4 is 10.6 Å². The van der Waals surface area contributed by atoms with Crippen molar-refractivity contribution in [1.82, 2.24) is 10.6 Å². The van der Waals surface area contributed by atoms with Crippen molar-refractivity contribution in [2.45, 2.75) is 294 Å². The molecule has 0 aromatic rings. The van der Waals surface area contributed by atoms with Crippen LogP contribution in [0.25, 0.3) is 0 Å². The molecule has 0 bridgehead atoms. The molecule has 34 heteroatoms. The van der Waals surface area contributed by atoms with Gasteiger partial charge >= 0.3 is 0 Å². The highest BCUT2D eigenvalue weighted by atomic mass is 16.8. The molecule has 6 saturated heterocycles. The van der Waals surface area contributed by atoms with Gasteiger partial charge in [-0.05, 0) is 19.8 Å². The van der Waals surface area contributed by atoms with Gasteiger partial charge in [0.2, 0.25) is 12.3 Å². The summed E-state index contributed by atoms with van der Waals surface area (Å²) in [5, 5.41) is 202. The standard InChI is InChI=1S/C57H100N2O32/c1-4-5-6-7-8-9-10-11-12-13-14-15-16-17-28(67)27(58-24-65)23-80-53-45(78)41(74)48(32(21-63)85-53)88-56-46(79)42(75)47(33(22-64)86-56)87-52-34(59-26(3)66)49(37(70)30(19-61)82-52)89-57-51(91-54-43(76)39(72)35(68)25(2)81-54)50(38(71)31(20-62)84-57)90-55-44(77)40(73)36(69)29(18-60)83-55/h16-17,24-25,27-57,60-64,67-79H,4-15,18-23H2,1-3H3,(H,58,65)(H,59,66)/b17-16+/t25-,27-,28+,29+,30+,31+,32+,33+,34+,35+,36-,37-,38-,39+,40-,41+,42+,43-,44+,45+,46+,47-,48+,49+,50-,51+,52-,53+,54-,55+,56-,57-/m0/s1. The number of nitrogens with one attached hydrogen (secondary N) is 2. The summed E-state index contributed by atoms with van der Waals surface area (Å²) in [7, 11) is 0. The highest BCUT2D eigenvalue weighted by molar-refractivity contribution is 5.73. The molecule has 6 aliphatic heterocycles. The van der Waals surface area contributed by atoms with Crippen molar-refractivity contribution in [1.29, 1.82) is 0 Å². The third-order valence-corrected chi connectivity index (χ3v) is 17.2. The lowest BCUT2D eigenvalue weighted by Crippen LogP contribution is -2.71. The van der Waals surface area contributed by atoms with Gasteiger partial charge in [-0.3, -0.25) is 9.59 Å². The van der Waals surface area contributed by atoms with E-state index in [-0.39, 0.29) is 0 Å². The largest absolute Gasteiger partial charge is 0.394 e. The van der Waals surface area contributed by atoms with Gasteiger partial charge in [-0.25, -0.2) is 0 Å². The van der Waals surface area contributed by atoms with Gasteiger partial charge in [0.1, 0.15) is 140 Å². The van der Waals surface area contributed by atoms with Crippen LogP contribution in [0.5, 0.6) is 0 Å². The normalized spacial score (nSPS) is 43.1. The van der Waals surface area contributed by atoms with Crippen molar-refractivity contribution < 1.29 is 158 Å². The second-order valence-electron chi connectivity index (χ2n) is 23.9. The van der Waals surface area contributed by atoms with Gasteiger partial charge in [0.25, 0.3) is 0 Å². The van der Waals surface area contributed by atoms with Crippen molar-refractivity contribution in [3.05, 3.63) is 12.2 Å². The van der Waals surface area contributed by atoms with Crippen LogP contribution in [0.2, 0.25) is 0 Å². The fourth-order valence-electron chi connectivity index (χ4n) is 11.8. The average molecular weight is 1330 g/mol. The molecule has 0 aromatic carbocycles. The van der Waals surface area contributed by atoms with Crippen LogP contribution >= 0.6 is 0 Å². The van der Waals surface area contributed by atoms with E-state index in [4.69, 9.17) is 56.8 Å². The van der Waals surface area contributed by atoms with Gasteiger partial charge in [-0.15, -0.1) is 0 Å². The molecule has 0 saturated carbocycles. The summed E-state index contributed by atoms with van der Waals surface area (Å²) in [4.78, 5) is 24.6. The van der Waals surface area contributed by atoms with Gasteiger partial charge in [-0.2, -0.15) is 0 Å². The van der Waals surface area contributed by atoms with E-state index in [0.717, 1.165) is 32.6 Å². The summed E-state index contributed by atoms with van der Waals surface area (Å²) in [5.74, 6) is -0.892. The Labute approximate surface area is 526 Å². The van der Waals surface area contributed by atoms with E-state index in [0.29, 0.717) is 12.8 Å². The Kier molecular flexibility index (Phi) is 32.2. The molecule has 6 fully saturated rings. The van der Waals surface area contributed by atoms with E-state index in [1.165, 1.54) is 57.9 Å². The van der Waals surface area contributed by atoms with Crippen LogP contribution in [0.1, 0.15) is 97.8 Å². The van der Waals surface area contributed by atoms with Gasteiger partial charge < -0.3 is 159 Å². The first-order valence-corrected chi connectivity index (χ1v) is 31.3. The maximum Gasteiger partial charge on any atom is 0.217 e. The third-order valence-electron chi connectivity index (χ3n) is 17.2. The zero-order valence-electron chi connectivity index (χ0n) is 51.2. The zero-order valence-corrected chi connectivity index (χ0v) is 51.2. The average Bonchev–Trinajstić information content (AvgIpc) is 0.817. The summed E-state index contributed by atoms with van der Waals surface area (Å²) in [6.07, 6.45) is -39.9. The molecule has 530 valence electrons. The Morgan fingerprint density at radius 1 is 0.451 bits per heavy atom. The molecule has 32 atom stereocenters. The molecule has 91 heavy (non-hydrogen) atoms. The van der Waals surface area contributed by atoms with E-state index >= 15 is 0 Å². The number of hydrogen-bond donors (Lipinski definition) is 20. The maximum atomic E-state index is 13.1. The van der Waals surface area contributed by atoms with Crippen LogP contribution in [0.4, 0.5) is 0 Å². The Bertz CT molecular complexity index is 2110. The zero-order chi connectivity index (χ0) is 66.8. The molecule has 0 aromatic heterocycles. The Morgan fingerprint density at radius 3 is 1.40 bits per heavy atom. The molecule has 0 unspecified atom stereocenters. The fraction of sp³-hybridized carbons (Fsp3) is 0.930. The number of amides is 2. The number of aliphatic hydroxyl groups is 18. The minimum Gasteiger partial charge on any atom is -0.394 e. The minimum absolute atomic E-state index is 0.338. The lowest BCUT2D eigenvalue weighted by Gasteiger charge is -2.51. The quantitative estimate of drug-likeness (QED) is 0.0159. The van der Waals surface area contributed by atoms with Crippen LogP contribution in [-0.2, 0) is 66.4 Å². The van der Waals surface area contributed by atoms with Gasteiger partial charge in [0, 0.05) is 6.92 Å². The SMILES string of the molecule is CCCCCCCCCCCCC/C=C/[C@@H](O)[C@H](CO[C@@H]1O[C@H](CO)[C@@H](O[C@@H]2O[C@H](CO)[C@H](O[C@@H]3O[C@H](CO)[C@H](O)[C@H](O[C@@H]4O[C@H](CO)[C@H](O)[C@H](O[C@H]5O[C@H](CO)[C@H](O)[C@H](O)[C@H]5O)[C@H]4O[C@@H]4O[C@@H](C)[C@@H](O)[C@@H](O)[C@@H]4O)[C@H]3NC(C)=O)[C@H](O)[C@H]2O)[C@H](O)[C@H]1O)NC=O. The lowest BCUT2D eigenvalue weighted by atomic mass is 9.94. The minimum atomic E-state index is -2.21. The number of hydrogen-bond acceptors (Lipinski definition) is 32. The fourth-order valence-corrected chi connectivity index (χ4v) is 11.8. The number of rotatable bonds is 35. The first kappa shape index (κ1) is 77.5. The first-order chi connectivity index (χ1) is 43.5. The Balaban J connectivity index is 1.15. The van der Waals surface area contributed by atoms with E-state index in [1.807, 2.05) is 0 Å². The number of carbonyl (C=O) groups excluding carboxylic acids is 2. The van der Waals surface area contributed by atoms with E-state index in [9.17, 15) is 102 Å². The monoisotopic (exact) mass is 1320 g/mol. The predicted molar refractivity (Wildman–Crippen MR) is 302 cm³/mol. The molecule has 6 rings (SSSR count). The van der Waals surface area contributed by atoms with E-state index < -0.39 is 242 Å². The molecule has 6 heterocycles. The molecule has 6 aliphatic rings. The third kappa shape index (κ3) is 20.1. The number of carbonyl (C=O) groups is 2. The number of aliphatic hydroxyl groups excluding tert-OH is 18. The smallest absolute Gasteiger partial charge is 0.217 e. The summed E-state index contributed by atoms with van der Waals surface area (Å²) in [6, 6.07) is -2.91. The predicted octanol–water partition coefficient (Wildman–Crippen LogP) is -8.17. The molecule has 20 N–H and O–H groups in total. The second-order valence-corrected chi connectivity index (χ2v) is 23.9. The van der Waals surface area contributed by atoms with Gasteiger partial charge in [-0.1, -0.05) is 83.3 Å². The Hall–Kier alpha value is -2.52. The molecule has 0 spiro atoms. The summed E-state index contributed by atoms with van der Waals surface area (Å²) in [6.45, 7) is -1.03. The number of allylic oxidation sites excluding steroid dienone is 1. The summed E-state index contributed by atoms with van der Waals surface area (Å²) < 4.78 is 70.6.